The van der Waals surface area contributed by atoms with Gasteiger partial charge in [-0.05, 0) is 19.9 Å². The number of nitrogens with one attached hydrogen (secondary N) is 1. The zero-order chi connectivity index (χ0) is 8.27. The lowest BCUT2D eigenvalue weighted by Crippen LogP contribution is -2.21. The largest absolute Gasteiger partial charge is 0.362 e. The maximum atomic E-state index is 4.16. The number of rotatable bonds is 1. The Bertz CT molecular complexity index is 357. The molecule has 58 valence electrons. The molecule has 0 unspecified atom stereocenters. The average Bonchev–Trinajstić information content (AvgIpc) is 2.36. The molecule has 1 N–H and O–H groups in total. The van der Waals surface area contributed by atoms with E-state index in [2.05, 4.69) is 16.6 Å². The van der Waals surface area contributed by atoms with E-state index in [9.17, 15) is 0 Å². The van der Waals surface area contributed by atoms with E-state index in [1.54, 1.807) is 6.21 Å². The van der Waals surface area contributed by atoms with Crippen LogP contribution in [-0.2, 0) is 0 Å². The Morgan fingerprint density at radius 2 is 2.45 bits per heavy atom. The normalized spacial score (nSPS) is 14.0. The minimum absolute atomic E-state index is 0.924. The Balaban J connectivity index is 3.38. The molecule has 1 rings (SSSR count). The molecular weight excluding hydrogens is 136 g/mol. The fourth-order valence-corrected chi connectivity index (χ4v) is 1.01. The van der Waals surface area contributed by atoms with E-state index in [0.717, 1.165) is 16.3 Å². The van der Waals surface area contributed by atoms with Crippen molar-refractivity contribution >= 4 is 18.5 Å². The van der Waals surface area contributed by atoms with Gasteiger partial charge < -0.3 is 4.98 Å². The van der Waals surface area contributed by atoms with Crippen LogP contribution in [0.2, 0.25) is 0 Å². The highest BCUT2D eigenvalue weighted by Gasteiger charge is 1.87. The first-order valence-electron chi connectivity index (χ1n) is 3.57. The van der Waals surface area contributed by atoms with Gasteiger partial charge in [-0.15, -0.1) is 0 Å². The molecule has 1 aromatic rings. The zero-order valence-electron chi connectivity index (χ0n) is 6.89. The molecule has 0 saturated heterocycles. The maximum absolute atomic E-state index is 4.16. The molecule has 0 aliphatic rings. The van der Waals surface area contributed by atoms with Crippen LogP contribution in [0.3, 0.4) is 0 Å². The third kappa shape index (κ3) is 1.58. The summed E-state index contributed by atoms with van der Waals surface area (Å²) in [6.07, 6.45) is 3.65. The van der Waals surface area contributed by atoms with Crippen LogP contribution >= 0.6 is 0 Å². The second-order valence-electron chi connectivity index (χ2n) is 2.34. The molecule has 1 heterocycles. The standard InChI is InChI=1S/C9H12N2/c1-4-10-7(2)9-5-6-11-8(9)3/h4-6,11H,3H2,1-2H3/b9-7-,10-4?. The first-order valence-corrected chi connectivity index (χ1v) is 3.57. The maximum Gasteiger partial charge on any atom is 0.0462 e. The summed E-state index contributed by atoms with van der Waals surface area (Å²) in [5, 5.41) is 2.01. The van der Waals surface area contributed by atoms with Crippen LogP contribution in [0.4, 0.5) is 0 Å². The van der Waals surface area contributed by atoms with Crippen molar-refractivity contribution < 1.29 is 0 Å². The van der Waals surface area contributed by atoms with Gasteiger partial charge in [-0.1, -0.05) is 6.58 Å². The molecule has 2 heteroatoms. The summed E-state index contributed by atoms with van der Waals surface area (Å²) in [4.78, 5) is 7.16. The number of hydrogen-bond acceptors (Lipinski definition) is 1. The van der Waals surface area contributed by atoms with Gasteiger partial charge in [-0.25, -0.2) is 0 Å². The van der Waals surface area contributed by atoms with E-state index >= 15 is 0 Å². The third-order valence-electron chi connectivity index (χ3n) is 1.55. The second-order valence-corrected chi connectivity index (χ2v) is 2.34. The SMILES string of the molecule is C=c1[nH]cc/c1=C(\C)N=CC. The Morgan fingerprint density at radius 3 is 2.91 bits per heavy atom. The summed E-state index contributed by atoms with van der Waals surface area (Å²) in [5.41, 5.74) is 0.999. The molecule has 0 bridgehead atoms. The van der Waals surface area contributed by atoms with Crippen LogP contribution in [-0.4, -0.2) is 11.2 Å². The molecule has 0 amide bonds. The number of aromatic amines is 1. The van der Waals surface area contributed by atoms with Crippen molar-refractivity contribution in [2.24, 2.45) is 4.99 Å². The molecule has 0 spiro atoms. The fourth-order valence-electron chi connectivity index (χ4n) is 1.01. The predicted molar refractivity (Wildman–Crippen MR) is 48.8 cm³/mol. The molecule has 1 aromatic heterocycles. The van der Waals surface area contributed by atoms with E-state index < -0.39 is 0 Å². The Kier molecular flexibility index (Phi) is 2.26. The minimum Gasteiger partial charge on any atom is -0.362 e. The lowest BCUT2D eigenvalue weighted by molar-refractivity contribution is 1.31. The molecule has 0 aliphatic heterocycles. The summed E-state index contributed by atoms with van der Waals surface area (Å²) >= 11 is 0. The van der Waals surface area contributed by atoms with E-state index in [0.29, 0.717) is 0 Å². The van der Waals surface area contributed by atoms with Crippen molar-refractivity contribution in [3.8, 4) is 0 Å². The summed E-state index contributed by atoms with van der Waals surface area (Å²) in [7, 11) is 0. The zero-order valence-corrected chi connectivity index (χ0v) is 6.89. The van der Waals surface area contributed by atoms with Gasteiger partial charge in [0.2, 0.25) is 0 Å². The molecular formula is C9H12N2. The van der Waals surface area contributed by atoms with E-state index in [1.807, 2.05) is 26.1 Å². The topological polar surface area (TPSA) is 28.1 Å². The van der Waals surface area contributed by atoms with Gasteiger partial charge >= 0.3 is 0 Å². The number of aliphatic imine (C=N–C) groups is 1. The molecule has 0 fully saturated rings. The number of H-pyrrole nitrogens is 1. The summed E-state index contributed by atoms with van der Waals surface area (Å²) in [5.74, 6) is 0. The van der Waals surface area contributed by atoms with Gasteiger partial charge in [0.1, 0.15) is 0 Å². The van der Waals surface area contributed by atoms with Gasteiger partial charge in [0, 0.05) is 28.7 Å². The van der Waals surface area contributed by atoms with E-state index in [4.69, 9.17) is 0 Å². The summed E-state index contributed by atoms with van der Waals surface area (Å²) in [6, 6.07) is 1.98. The number of hydrogen-bond donors (Lipinski definition) is 1. The average molecular weight is 148 g/mol. The molecule has 0 atom stereocenters. The number of nitrogens with zero attached hydrogens (tertiary/aromatic N) is 1. The van der Waals surface area contributed by atoms with Crippen LogP contribution in [0.5, 0.6) is 0 Å². The smallest absolute Gasteiger partial charge is 0.0462 e. The lowest BCUT2D eigenvalue weighted by Gasteiger charge is -1.86. The number of aromatic nitrogens is 1. The van der Waals surface area contributed by atoms with Crippen LogP contribution in [0.25, 0.3) is 12.3 Å². The van der Waals surface area contributed by atoms with Crippen molar-refractivity contribution in [3.05, 3.63) is 22.8 Å². The van der Waals surface area contributed by atoms with Crippen molar-refractivity contribution in [2.45, 2.75) is 13.8 Å². The lowest BCUT2D eigenvalue weighted by atomic mass is 10.3. The fraction of sp³-hybridized carbons (Fsp3) is 0.222. The Labute approximate surface area is 66.0 Å². The van der Waals surface area contributed by atoms with Gasteiger partial charge in [0.25, 0.3) is 0 Å². The van der Waals surface area contributed by atoms with Gasteiger partial charge in [-0.2, -0.15) is 0 Å². The highest BCUT2D eigenvalue weighted by Crippen LogP contribution is 1.87. The van der Waals surface area contributed by atoms with Crippen LogP contribution in [0, 0.1) is 0 Å². The highest BCUT2D eigenvalue weighted by molar-refractivity contribution is 5.62. The quantitative estimate of drug-likeness (QED) is 0.566. The molecule has 11 heavy (non-hydrogen) atoms. The van der Waals surface area contributed by atoms with Crippen LogP contribution in [0.15, 0.2) is 17.3 Å². The molecule has 0 saturated carbocycles. The third-order valence-corrected chi connectivity index (χ3v) is 1.55. The predicted octanol–water partition coefficient (Wildman–Crippen LogP) is 0.644. The molecule has 2 nitrogen and oxygen atoms in total. The van der Waals surface area contributed by atoms with Gasteiger partial charge in [-0.3, -0.25) is 4.99 Å². The van der Waals surface area contributed by atoms with Crippen molar-refractivity contribution in [1.82, 2.24) is 4.98 Å². The van der Waals surface area contributed by atoms with Gasteiger partial charge in [0.05, 0.1) is 0 Å². The van der Waals surface area contributed by atoms with E-state index in [-0.39, 0.29) is 0 Å². The second kappa shape index (κ2) is 3.19. The van der Waals surface area contributed by atoms with Gasteiger partial charge in [0.15, 0.2) is 0 Å². The molecule has 0 aromatic carbocycles. The monoisotopic (exact) mass is 148 g/mol. The highest BCUT2D eigenvalue weighted by atomic mass is 14.7. The first kappa shape index (κ1) is 7.79. The summed E-state index contributed by atoms with van der Waals surface area (Å²) < 4.78 is 0. The molecule has 0 aliphatic carbocycles. The van der Waals surface area contributed by atoms with E-state index in [1.165, 1.54) is 0 Å². The minimum atomic E-state index is 0.924. The Morgan fingerprint density at radius 1 is 1.73 bits per heavy atom. The van der Waals surface area contributed by atoms with Crippen LogP contribution in [0.1, 0.15) is 13.8 Å². The van der Waals surface area contributed by atoms with Crippen LogP contribution < -0.4 is 10.6 Å². The van der Waals surface area contributed by atoms with Crippen molar-refractivity contribution in [3.63, 3.8) is 0 Å². The van der Waals surface area contributed by atoms with Crippen molar-refractivity contribution in [2.75, 3.05) is 0 Å². The Hall–Kier alpha value is -1.31. The first-order chi connectivity index (χ1) is 5.25. The van der Waals surface area contributed by atoms with Crippen molar-refractivity contribution in [1.29, 1.82) is 0 Å². The molecule has 0 radical (unpaired) electrons. The summed E-state index contributed by atoms with van der Waals surface area (Å²) in [6.45, 7) is 7.71.